The molecule has 0 bridgehead atoms. The normalized spacial score (nSPS) is 15.0. The van der Waals surface area contributed by atoms with Crippen LogP contribution in [0.5, 0.6) is 0 Å². The van der Waals surface area contributed by atoms with Crippen molar-refractivity contribution in [1.29, 1.82) is 0 Å². The molecule has 0 saturated carbocycles. The molecule has 0 aliphatic carbocycles. The summed E-state index contributed by atoms with van der Waals surface area (Å²) in [5, 5.41) is 25.0. The van der Waals surface area contributed by atoms with Gasteiger partial charge in [-0.25, -0.2) is 4.79 Å². The molecule has 0 aromatic carbocycles. The molecule has 0 spiro atoms. The van der Waals surface area contributed by atoms with Crippen molar-refractivity contribution in [3.05, 3.63) is 0 Å². The van der Waals surface area contributed by atoms with Crippen molar-refractivity contribution in [1.82, 2.24) is 16.0 Å². The fourth-order valence-corrected chi connectivity index (χ4v) is 2.17. The summed E-state index contributed by atoms with van der Waals surface area (Å²) in [5.41, 5.74) is 10.2. The molecule has 0 radical (unpaired) electrons. The zero-order chi connectivity index (χ0) is 21.1. The van der Waals surface area contributed by atoms with Crippen LogP contribution in [-0.2, 0) is 24.0 Å². The van der Waals surface area contributed by atoms with E-state index >= 15 is 0 Å². The second-order valence-corrected chi connectivity index (χ2v) is 6.00. The highest BCUT2D eigenvalue weighted by Gasteiger charge is 2.30. The van der Waals surface area contributed by atoms with Gasteiger partial charge in [-0.1, -0.05) is 0 Å². The van der Waals surface area contributed by atoms with Crippen molar-refractivity contribution in [3.8, 4) is 0 Å². The van der Waals surface area contributed by atoms with Crippen molar-refractivity contribution in [3.63, 3.8) is 0 Å². The third kappa shape index (κ3) is 9.21. The van der Waals surface area contributed by atoms with Crippen LogP contribution in [0.2, 0.25) is 0 Å². The largest absolute Gasteiger partial charge is 0.480 e. The molecule has 13 heteroatoms. The van der Waals surface area contributed by atoms with Gasteiger partial charge in [0.25, 0.3) is 0 Å². The highest BCUT2D eigenvalue weighted by Crippen LogP contribution is 2.01. The van der Waals surface area contributed by atoms with Gasteiger partial charge in [0.05, 0.1) is 12.6 Å². The molecule has 0 heterocycles. The smallest absolute Gasteiger partial charge is 0.328 e. The predicted octanol–water partition coefficient (Wildman–Crippen LogP) is -3.94. The van der Waals surface area contributed by atoms with Gasteiger partial charge in [-0.15, -0.1) is 0 Å². The van der Waals surface area contributed by atoms with Gasteiger partial charge in [0, 0.05) is 12.2 Å². The van der Waals surface area contributed by atoms with Crippen molar-refractivity contribution in [2.45, 2.75) is 44.0 Å². The molecule has 0 aliphatic rings. The summed E-state index contributed by atoms with van der Waals surface area (Å²) in [6, 6.07) is -4.03. The van der Waals surface area contributed by atoms with E-state index in [4.69, 9.17) is 16.6 Å². The van der Waals surface area contributed by atoms with Crippen LogP contribution in [0, 0.1) is 0 Å². The van der Waals surface area contributed by atoms with Crippen LogP contribution >= 0.6 is 12.6 Å². The van der Waals surface area contributed by atoms with Crippen molar-refractivity contribution < 1.29 is 34.2 Å². The summed E-state index contributed by atoms with van der Waals surface area (Å²) in [5.74, 6) is -4.72. The molecular weight excluding hydrogens is 382 g/mol. The summed E-state index contributed by atoms with van der Waals surface area (Å²) in [6.45, 7) is 0.779. The highest BCUT2D eigenvalue weighted by molar-refractivity contribution is 7.80. The summed E-state index contributed by atoms with van der Waals surface area (Å²) >= 11 is 3.93. The summed E-state index contributed by atoms with van der Waals surface area (Å²) < 4.78 is 0. The molecule has 154 valence electrons. The monoisotopic (exact) mass is 407 g/mol. The number of primary amides is 1. The minimum Gasteiger partial charge on any atom is -0.480 e. The number of aliphatic hydroxyl groups excluding tert-OH is 1. The Morgan fingerprint density at radius 2 is 1.59 bits per heavy atom. The number of aliphatic carboxylic acids is 1. The van der Waals surface area contributed by atoms with Crippen LogP contribution in [0.3, 0.4) is 0 Å². The SMILES string of the molecule is CC(O)C(NC(=O)C(CS)NC(=O)C(CCC(N)=O)NC(=O)CN)C(=O)O. The van der Waals surface area contributed by atoms with E-state index in [-0.39, 0.29) is 18.6 Å². The van der Waals surface area contributed by atoms with Crippen molar-refractivity contribution in [2.75, 3.05) is 12.3 Å². The summed E-state index contributed by atoms with van der Waals surface area (Å²) in [7, 11) is 0. The number of carboxylic acids is 1. The van der Waals surface area contributed by atoms with E-state index in [0.717, 1.165) is 0 Å². The average molecular weight is 407 g/mol. The molecular formula is C14H25N5O7S. The van der Waals surface area contributed by atoms with Gasteiger partial charge in [0.15, 0.2) is 6.04 Å². The molecule has 4 amide bonds. The lowest BCUT2D eigenvalue weighted by molar-refractivity contribution is -0.145. The Labute approximate surface area is 160 Å². The van der Waals surface area contributed by atoms with Gasteiger partial charge in [0.1, 0.15) is 12.1 Å². The van der Waals surface area contributed by atoms with E-state index in [1.165, 1.54) is 6.92 Å². The first-order chi connectivity index (χ1) is 12.5. The number of nitrogens with one attached hydrogen (secondary N) is 3. The molecule has 0 aromatic heterocycles. The first-order valence-corrected chi connectivity index (χ1v) is 8.56. The molecule has 9 N–H and O–H groups in total. The lowest BCUT2D eigenvalue weighted by atomic mass is 10.1. The van der Waals surface area contributed by atoms with Gasteiger partial charge in [-0.05, 0) is 13.3 Å². The van der Waals surface area contributed by atoms with Gasteiger partial charge >= 0.3 is 5.97 Å². The molecule has 0 fully saturated rings. The number of hydrogen-bond acceptors (Lipinski definition) is 8. The number of nitrogens with two attached hydrogens (primary N) is 2. The molecule has 4 unspecified atom stereocenters. The van der Waals surface area contributed by atoms with E-state index in [9.17, 15) is 29.1 Å². The lowest BCUT2D eigenvalue weighted by Gasteiger charge is -2.24. The number of thiol groups is 1. The number of rotatable bonds is 12. The second kappa shape index (κ2) is 12.1. The summed E-state index contributed by atoms with van der Waals surface area (Å²) in [6.07, 6.45) is -1.71. The zero-order valence-electron chi connectivity index (χ0n) is 14.7. The van der Waals surface area contributed by atoms with Crippen LogP contribution in [0.15, 0.2) is 0 Å². The Hall–Kier alpha value is -2.38. The number of carbonyl (C=O) groups excluding carboxylic acids is 4. The maximum absolute atomic E-state index is 12.3. The highest BCUT2D eigenvalue weighted by atomic mass is 32.1. The quantitative estimate of drug-likeness (QED) is 0.149. The Kier molecular flexibility index (Phi) is 11.0. The van der Waals surface area contributed by atoms with E-state index in [1.807, 2.05) is 0 Å². The van der Waals surface area contributed by atoms with Crippen molar-refractivity contribution in [2.24, 2.45) is 11.5 Å². The zero-order valence-corrected chi connectivity index (χ0v) is 15.6. The summed E-state index contributed by atoms with van der Waals surface area (Å²) in [4.78, 5) is 57.9. The molecule has 0 rings (SSSR count). The fourth-order valence-electron chi connectivity index (χ4n) is 1.92. The van der Waals surface area contributed by atoms with E-state index in [2.05, 4.69) is 28.6 Å². The predicted molar refractivity (Wildman–Crippen MR) is 96.4 cm³/mol. The number of carboxylic acid groups (broad SMARTS) is 1. The van der Waals surface area contributed by atoms with E-state index in [0.29, 0.717) is 0 Å². The molecule has 4 atom stereocenters. The first kappa shape index (κ1) is 24.6. The standard InChI is InChI=1S/C14H25N5O7S/c1-6(20)11(14(25)26)19-13(24)8(5-27)18-12(23)7(2-3-9(16)21)17-10(22)4-15/h6-8,11,20,27H,2-5,15H2,1H3,(H2,16,21)(H,17,22)(H,18,23)(H,19,24)(H,25,26). The maximum atomic E-state index is 12.3. The van der Waals surface area contributed by atoms with Crippen LogP contribution < -0.4 is 27.4 Å². The number of amides is 4. The Morgan fingerprint density at radius 1 is 1.04 bits per heavy atom. The number of carbonyl (C=O) groups is 5. The number of hydrogen-bond donors (Lipinski definition) is 8. The molecule has 0 aliphatic heterocycles. The second-order valence-electron chi connectivity index (χ2n) is 5.64. The first-order valence-electron chi connectivity index (χ1n) is 7.93. The van der Waals surface area contributed by atoms with Gasteiger partial charge in [-0.3, -0.25) is 19.2 Å². The Balaban J connectivity index is 5.10. The molecule has 0 saturated heterocycles. The minimum absolute atomic E-state index is 0.126. The van der Waals surface area contributed by atoms with E-state index < -0.39 is 60.4 Å². The molecule has 0 aromatic rings. The fraction of sp³-hybridized carbons (Fsp3) is 0.643. The average Bonchev–Trinajstić information content (AvgIpc) is 2.59. The molecule has 12 nitrogen and oxygen atoms in total. The maximum Gasteiger partial charge on any atom is 0.328 e. The Morgan fingerprint density at radius 3 is 2.00 bits per heavy atom. The third-order valence-electron chi connectivity index (χ3n) is 3.38. The van der Waals surface area contributed by atoms with E-state index in [1.54, 1.807) is 0 Å². The Bertz CT molecular complexity index is 572. The van der Waals surface area contributed by atoms with Gasteiger partial charge in [0.2, 0.25) is 23.6 Å². The number of aliphatic hydroxyl groups is 1. The lowest BCUT2D eigenvalue weighted by Crippen LogP contribution is -2.58. The van der Waals surface area contributed by atoms with Crippen LogP contribution in [0.4, 0.5) is 0 Å². The topological polar surface area (TPSA) is 214 Å². The van der Waals surface area contributed by atoms with Crippen LogP contribution in [0.25, 0.3) is 0 Å². The molecule has 27 heavy (non-hydrogen) atoms. The van der Waals surface area contributed by atoms with Gasteiger partial charge < -0.3 is 37.6 Å². The third-order valence-corrected chi connectivity index (χ3v) is 3.74. The van der Waals surface area contributed by atoms with Crippen LogP contribution in [0.1, 0.15) is 19.8 Å². The minimum atomic E-state index is -1.58. The van der Waals surface area contributed by atoms with Crippen LogP contribution in [-0.4, -0.2) is 76.3 Å². The van der Waals surface area contributed by atoms with Gasteiger partial charge in [-0.2, -0.15) is 12.6 Å². The van der Waals surface area contributed by atoms with Crippen molar-refractivity contribution >= 4 is 42.2 Å².